The Hall–Kier alpha value is -1.14. The normalized spacial score (nSPS) is 11.8. The lowest BCUT2D eigenvalue weighted by atomic mass is 10.00. The number of benzene rings is 1. The van der Waals surface area contributed by atoms with Gasteiger partial charge in [0, 0.05) is 29.1 Å². The number of Topliss-reactive ketones (excluding diaryl/α,β-unsaturated/α-hetero) is 1. The second-order valence-corrected chi connectivity index (χ2v) is 6.50. The van der Waals surface area contributed by atoms with Gasteiger partial charge in [-0.2, -0.15) is 0 Å². The van der Waals surface area contributed by atoms with Gasteiger partial charge in [0.05, 0.1) is 12.5 Å². The van der Waals surface area contributed by atoms with Crippen LogP contribution in [0.4, 0.5) is 0 Å². The zero-order valence-electron chi connectivity index (χ0n) is 11.9. The maximum absolute atomic E-state index is 12.2. The highest BCUT2D eigenvalue weighted by Gasteiger charge is 2.24. The van der Waals surface area contributed by atoms with Gasteiger partial charge in [0.2, 0.25) is 0 Å². The van der Waals surface area contributed by atoms with Crippen LogP contribution >= 0.6 is 27.7 Å². The average Bonchev–Trinajstić information content (AvgIpc) is 2.43. The van der Waals surface area contributed by atoms with Crippen LogP contribution in [0.1, 0.15) is 30.6 Å². The summed E-state index contributed by atoms with van der Waals surface area (Å²) in [6.07, 6.45) is 0.0424. The number of ketones is 1. The predicted molar refractivity (Wildman–Crippen MR) is 86.4 cm³/mol. The van der Waals surface area contributed by atoms with Crippen molar-refractivity contribution in [1.29, 1.82) is 0 Å². The quantitative estimate of drug-likeness (QED) is 0.541. The van der Waals surface area contributed by atoms with Crippen molar-refractivity contribution in [3.05, 3.63) is 34.3 Å². The zero-order chi connectivity index (χ0) is 15.8. The summed E-state index contributed by atoms with van der Waals surface area (Å²) >= 11 is 4.34. The standard InChI is InChI=1S/C15H17BrO4S/c1-3-20-15(19)12(9-21-10(2)17)8-14(18)11-4-6-13(16)7-5-11/h4-7,12H,3,8-9H2,1-2H3. The summed E-state index contributed by atoms with van der Waals surface area (Å²) in [5, 5.41) is -0.0830. The van der Waals surface area contributed by atoms with Crippen molar-refractivity contribution >= 4 is 44.6 Å². The van der Waals surface area contributed by atoms with Crippen molar-refractivity contribution in [3.63, 3.8) is 0 Å². The van der Waals surface area contributed by atoms with Crippen molar-refractivity contribution in [3.8, 4) is 0 Å². The molecule has 0 radical (unpaired) electrons. The minimum atomic E-state index is -0.602. The van der Waals surface area contributed by atoms with Crippen LogP contribution in [0.15, 0.2) is 28.7 Å². The summed E-state index contributed by atoms with van der Waals surface area (Å²) < 4.78 is 5.85. The zero-order valence-corrected chi connectivity index (χ0v) is 14.3. The van der Waals surface area contributed by atoms with E-state index >= 15 is 0 Å². The number of halogens is 1. The van der Waals surface area contributed by atoms with E-state index in [0.717, 1.165) is 16.2 Å². The Morgan fingerprint density at radius 3 is 2.38 bits per heavy atom. The van der Waals surface area contributed by atoms with Gasteiger partial charge in [0.25, 0.3) is 0 Å². The third kappa shape index (κ3) is 6.44. The van der Waals surface area contributed by atoms with Gasteiger partial charge >= 0.3 is 5.97 Å². The number of hydrogen-bond acceptors (Lipinski definition) is 5. The monoisotopic (exact) mass is 372 g/mol. The molecule has 1 rings (SSSR count). The Bertz CT molecular complexity index is 513. The fourth-order valence-corrected chi connectivity index (χ4v) is 2.62. The molecule has 1 atom stereocenters. The molecule has 6 heteroatoms. The van der Waals surface area contributed by atoms with Crippen LogP contribution in [0.2, 0.25) is 0 Å². The number of esters is 1. The van der Waals surface area contributed by atoms with Gasteiger partial charge in [0.15, 0.2) is 10.9 Å². The van der Waals surface area contributed by atoms with Gasteiger partial charge in [-0.1, -0.05) is 39.8 Å². The van der Waals surface area contributed by atoms with E-state index in [1.54, 1.807) is 31.2 Å². The van der Waals surface area contributed by atoms with E-state index < -0.39 is 11.9 Å². The minimum Gasteiger partial charge on any atom is -0.466 e. The largest absolute Gasteiger partial charge is 0.466 e. The van der Waals surface area contributed by atoms with Crippen molar-refractivity contribution in [2.75, 3.05) is 12.4 Å². The molecule has 0 N–H and O–H groups in total. The lowest BCUT2D eigenvalue weighted by molar-refractivity contribution is -0.147. The highest BCUT2D eigenvalue weighted by molar-refractivity contribution is 9.10. The maximum Gasteiger partial charge on any atom is 0.310 e. The van der Waals surface area contributed by atoms with Crippen molar-refractivity contribution in [2.45, 2.75) is 20.3 Å². The van der Waals surface area contributed by atoms with Crippen molar-refractivity contribution < 1.29 is 19.1 Å². The molecule has 0 aliphatic rings. The van der Waals surface area contributed by atoms with E-state index in [9.17, 15) is 14.4 Å². The van der Waals surface area contributed by atoms with Crippen LogP contribution in [-0.4, -0.2) is 29.2 Å². The summed E-state index contributed by atoms with van der Waals surface area (Å²) in [4.78, 5) is 35.1. The van der Waals surface area contributed by atoms with Crippen LogP contribution in [-0.2, 0) is 14.3 Å². The van der Waals surface area contributed by atoms with Crippen molar-refractivity contribution in [1.82, 2.24) is 0 Å². The van der Waals surface area contributed by atoms with Gasteiger partial charge < -0.3 is 4.74 Å². The topological polar surface area (TPSA) is 60.4 Å². The number of ether oxygens (including phenoxy) is 1. The second kappa shape index (κ2) is 9.00. The highest BCUT2D eigenvalue weighted by Crippen LogP contribution is 2.19. The number of rotatable bonds is 7. The summed E-state index contributed by atoms with van der Waals surface area (Å²) in [5.74, 6) is -0.910. The summed E-state index contributed by atoms with van der Waals surface area (Å²) in [6, 6.07) is 6.95. The molecule has 21 heavy (non-hydrogen) atoms. The number of hydrogen-bond donors (Lipinski definition) is 0. The Labute approximate surface area is 136 Å². The Morgan fingerprint density at radius 1 is 1.24 bits per heavy atom. The fraction of sp³-hybridized carbons (Fsp3) is 0.400. The van der Waals surface area contributed by atoms with Gasteiger partial charge in [-0.05, 0) is 19.1 Å². The lowest BCUT2D eigenvalue weighted by Crippen LogP contribution is -2.23. The molecule has 0 aliphatic heterocycles. The van der Waals surface area contributed by atoms with E-state index in [-0.39, 0.29) is 29.7 Å². The van der Waals surface area contributed by atoms with Crippen LogP contribution in [0.3, 0.4) is 0 Å². The first-order valence-corrected chi connectivity index (χ1v) is 8.30. The van der Waals surface area contributed by atoms with Crippen LogP contribution in [0.25, 0.3) is 0 Å². The molecule has 0 saturated heterocycles. The van der Waals surface area contributed by atoms with Gasteiger partial charge in [0.1, 0.15) is 0 Å². The molecule has 0 saturated carbocycles. The van der Waals surface area contributed by atoms with Gasteiger partial charge in [-0.3, -0.25) is 14.4 Å². The second-order valence-electron chi connectivity index (χ2n) is 4.39. The molecule has 0 fully saturated rings. The molecule has 4 nitrogen and oxygen atoms in total. The fourth-order valence-electron chi connectivity index (χ4n) is 1.67. The van der Waals surface area contributed by atoms with E-state index in [0.29, 0.717) is 5.56 Å². The molecule has 1 aromatic carbocycles. The molecule has 0 spiro atoms. The van der Waals surface area contributed by atoms with Crippen LogP contribution in [0, 0.1) is 5.92 Å². The number of carbonyl (C=O) groups is 3. The first kappa shape index (κ1) is 17.9. The molecule has 0 aromatic heterocycles. The Morgan fingerprint density at radius 2 is 1.86 bits per heavy atom. The molecule has 1 aromatic rings. The summed E-state index contributed by atoms with van der Waals surface area (Å²) in [7, 11) is 0. The van der Waals surface area contributed by atoms with Gasteiger partial charge in [-0.15, -0.1) is 0 Å². The summed E-state index contributed by atoms with van der Waals surface area (Å²) in [6.45, 7) is 3.40. The molecule has 0 bridgehead atoms. The predicted octanol–water partition coefficient (Wildman–Crippen LogP) is 3.48. The molecular formula is C15H17BrO4S. The molecule has 0 aliphatic carbocycles. The lowest BCUT2D eigenvalue weighted by Gasteiger charge is -2.13. The first-order valence-electron chi connectivity index (χ1n) is 6.52. The number of carbonyl (C=O) groups excluding carboxylic acids is 3. The average molecular weight is 373 g/mol. The van der Waals surface area contributed by atoms with E-state index in [4.69, 9.17) is 4.74 Å². The first-order chi connectivity index (χ1) is 9.93. The third-order valence-electron chi connectivity index (χ3n) is 2.71. The van der Waals surface area contributed by atoms with Crippen molar-refractivity contribution in [2.24, 2.45) is 5.92 Å². The highest BCUT2D eigenvalue weighted by atomic mass is 79.9. The maximum atomic E-state index is 12.2. The van der Waals surface area contributed by atoms with E-state index in [2.05, 4.69) is 15.9 Å². The smallest absolute Gasteiger partial charge is 0.310 e. The van der Waals surface area contributed by atoms with E-state index in [1.165, 1.54) is 6.92 Å². The Kier molecular flexibility index (Phi) is 7.67. The van der Waals surface area contributed by atoms with Crippen LogP contribution in [0.5, 0.6) is 0 Å². The number of thioether (sulfide) groups is 1. The Balaban J connectivity index is 2.74. The molecule has 0 amide bonds. The SMILES string of the molecule is CCOC(=O)C(CSC(C)=O)CC(=O)c1ccc(Br)cc1. The molecule has 1 unspecified atom stereocenters. The molecule has 0 heterocycles. The minimum absolute atomic E-state index is 0.0424. The van der Waals surface area contributed by atoms with E-state index in [1.807, 2.05) is 0 Å². The molecule has 114 valence electrons. The third-order valence-corrected chi connectivity index (χ3v) is 4.21. The van der Waals surface area contributed by atoms with Crippen LogP contribution < -0.4 is 0 Å². The molecular weight excluding hydrogens is 356 g/mol. The van der Waals surface area contributed by atoms with Gasteiger partial charge in [-0.25, -0.2) is 0 Å². The summed E-state index contributed by atoms with van der Waals surface area (Å²) in [5.41, 5.74) is 0.542.